The van der Waals surface area contributed by atoms with Crippen LogP contribution in [0.3, 0.4) is 0 Å². The smallest absolute Gasteiger partial charge is 0.207 e. The largest absolute Gasteiger partial charge is 0.242 e. The Bertz CT molecular complexity index is 519. The topological polar surface area (TPSA) is 46.2 Å². The average Bonchev–Trinajstić information content (AvgIpc) is 2.32. The van der Waals surface area contributed by atoms with Crippen LogP contribution in [0.5, 0.6) is 0 Å². The summed E-state index contributed by atoms with van der Waals surface area (Å²) in [7, 11) is -3.59. The summed E-state index contributed by atoms with van der Waals surface area (Å²) in [6.45, 7) is 0. The highest BCUT2D eigenvalue weighted by Gasteiger charge is 2.28. The summed E-state index contributed by atoms with van der Waals surface area (Å²) in [5.74, 6) is 0. The second-order valence-electron chi connectivity index (χ2n) is 4.46. The van der Waals surface area contributed by atoms with Crippen molar-refractivity contribution >= 4 is 33.2 Å². The van der Waals surface area contributed by atoms with Gasteiger partial charge < -0.3 is 0 Å². The molecule has 1 aromatic carbocycles. The minimum atomic E-state index is -3.59. The van der Waals surface area contributed by atoms with E-state index in [-0.39, 0.29) is 21.3 Å². The predicted octanol–water partition coefficient (Wildman–Crippen LogP) is 3.17. The van der Waals surface area contributed by atoms with E-state index in [0.29, 0.717) is 0 Å². The van der Waals surface area contributed by atoms with E-state index in [4.69, 9.17) is 23.2 Å². The lowest BCUT2D eigenvalue weighted by Crippen LogP contribution is -2.42. The molecule has 100 valence electrons. The summed E-state index contributed by atoms with van der Waals surface area (Å²) in [5, 5.41) is 0.0861. The zero-order chi connectivity index (χ0) is 13.2. The molecule has 3 nitrogen and oxygen atoms in total. The molecule has 2 unspecified atom stereocenters. The van der Waals surface area contributed by atoms with Gasteiger partial charge in [0.15, 0.2) is 0 Å². The Hall–Kier alpha value is -0.290. The van der Waals surface area contributed by atoms with Crippen molar-refractivity contribution in [2.75, 3.05) is 0 Å². The molecule has 1 fully saturated rings. The first-order chi connectivity index (χ1) is 8.50. The molecule has 2 rings (SSSR count). The average molecular weight is 308 g/mol. The molecule has 1 saturated carbocycles. The van der Waals surface area contributed by atoms with Crippen LogP contribution in [-0.4, -0.2) is 19.8 Å². The SMILES string of the molecule is O=S(=O)(NC1CCCCC1Cl)c1ccccc1Cl. The normalized spacial score (nSPS) is 25.0. The Kier molecular flexibility index (Phi) is 4.54. The molecule has 6 heteroatoms. The van der Waals surface area contributed by atoms with Crippen molar-refractivity contribution in [3.8, 4) is 0 Å². The van der Waals surface area contributed by atoms with Gasteiger partial charge in [0, 0.05) is 11.4 Å². The Balaban J connectivity index is 2.19. The molecule has 18 heavy (non-hydrogen) atoms. The van der Waals surface area contributed by atoms with E-state index < -0.39 is 10.0 Å². The van der Waals surface area contributed by atoms with E-state index in [9.17, 15) is 8.42 Å². The van der Waals surface area contributed by atoms with Crippen LogP contribution in [-0.2, 0) is 10.0 Å². The number of nitrogens with one attached hydrogen (secondary N) is 1. The van der Waals surface area contributed by atoms with Crippen LogP contribution < -0.4 is 4.72 Å². The second kappa shape index (κ2) is 5.78. The summed E-state index contributed by atoms with van der Waals surface area (Å²) in [6.07, 6.45) is 3.67. The molecule has 0 heterocycles. The summed E-state index contributed by atoms with van der Waals surface area (Å²) >= 11 is 12.1. The summed E-state index contributed by atoms with van der Waals surface area (Å²) in [5.41, 5.74) is 0. The Morgan fingerprint density at radius 3 is 2.50 bits per heavy atom. The van der Waals surface area contributed by atoms with Crippen molar-refractivity contribution in [3.05, 3.63) is 29.3 Å². The first-order valence-electron chi connectivity index (χ1n) is 5.91. The molecule has 1 aliphatic rings. The molecule has 0 spiro atoms. The fourth-order valence-corrected chi connectivity index (χ4v) is 4.39. The lowest BCUT2D eigenvalue weighted by Gasteiger charge is -2.27. The minimum absolute atomic E-state index is 0.112. The highest BCUT2D eigenvalue weighted by atomic mass is 35.5. The maximum absolute atomic E-state index is 12.2. The standard InChI is InChI=1S/C12H15Cl2NO2S/c13-9-5-1-3-7-11(9)15-18(16,17)12-8-4-2-6-10(12)14/h2,4,6,8-9,11,15H,1,3,5,7H2. The van der Waals surface area contributed by atoms with Gasteiger partial charge in [-0.15, -0.1) is 11.6 Å². The quantitative estimate of drug-likeness (QED) is 0.872. The van der Waals surface area contributed by atoms with Crippen LogP contribution >= 0.6 is 23.2 Å². The number of hydrogen-bond acceptors (Lipinski definition) is 2. The molecule has 2 atom stereocenters. The van der Waals surface area contributed by atoms with Crippen LogP contribution in [0.2, 0.25) is 5.02 Å². The van der Waals surface area contributed by atoms with Gasteiger partial charge in [-0.25, -0.2) is 13.1 Å². The van der Waals surface area contributed by atoms with Gasteiger partial charge >= 0.3 is 0 Å². The molecule has 0 radical (unpaired) electrons. The molecule has 1 aliphatic carbocycles. The molecule has 0 amide bonds. The van der Waals surface area contributed by atoms with Gasteiger partial charge in [-0.1, -0.05) is 36.6 Å². The lowest BCUT2D eigenvalue weighted by atomic mass is 9.96. The third kappa shape index (κ3) is 3.18. The third-order valence-corrected chi connectivity index (χ3v) is 5.63. The Morgan fingerprint density at radius 2 is 1.83 bits per heavy atom. The van der Waals surface area contributed by atoms with Crippen LogP contribution in [0.15, 0.2) is 29.2 Å². The third-order valence-electron chi connectivity index (χ3n) is 3.11. The molecule has 0 aliphatic heterocycles. The van der Waals surface area contributed by atoms with Gasteiger partial charge in [-0.3, -0.25) is 0 Å². The van der Waals surface area contributed by atoms with Crippen molar-refractivity contribution in [1.82, 2.24) is 4.72 Å². The number of sulfonamides is 1. The van der Waals surface area contributed by atoms with Crippen molar-refractivity contribution in [2.24, 2.45) is 0 Å². The lowest BCUT2D eigenvalue weighted by molar-refractivity contribution is 0.418. The van der Waals surface area contributed by atoms with Crippen LogP contribution in [0.4, 0.5) is 0 Å². The van der Waals surface area contributed by atoms with Gasteiger partial charge in [-0.05, 0) is 25.0 Å². The summed E-state index contributed by atoms with van der Waals surface area (Å²) in [6, 6.07) is 6.21. The molecule has 0 saturated heterocycles. The Morgan fingerprint density at radius 1 is 1.17 bits per heavy atom. The first-order valence-corrected chi connectivity index (χ1v) is 8.21. The Labute approximate surface area is 118 Å². The van der Waals surface area contributed by atoms with Crippen molar-refractivity contribution < 1.29 is 8.42 Å². The molecule has 0 aromatic heterocycles. The number of halogens is 2. The number of hydrogen-bond donors (Lipinski definition) is 1. The van der Waals surface area contributed by atoms with Crippen LogP contribution in [0, 0.1) is 0 Å². The fourth-order valence-electron chi connectivity index (χ4n) is 2.14. The second-order valence-corrected chi connectivity index (χ2v) is 7.11. The zero-order valence-electron chi connectivity index (χ0n) is 9.77. The van der Waals surface area contributed by atoms with Crippen molar-refractivity contribution in [3.63, 3.8) is 0 Å². The minimum Gasteiger partial charge on any atom is -0.207 e. The van der Waals surface area contributed by atoms with Crippen molar-refractivity contribution in [2.45, 2.75) is 42.0 Å². The fraction of sp³-hybridized carbons (Fsp3) is 0.500. The molecular formula is C12H15Cl2NO2S. The van der Waals surface area contributed by atoms with Gasteiger partial charge in [0.05, 0.1) is 5.02 Å². The van der Waals surface area contributed by atoms with E-state index in [1.54, 1.807) is 18.2 Å². The number of benzene rings is 1. The van der Waals surface area contributed by atoms with Gasteiger partial charge in [0.25, 0.3) is 0 Å². The van der Waals surface area contributed by atoms with Crippen LogP contribution in [0.1, 0.15) is 25.7 Å². The maximum atomic E-state index is 12.2. The molecule has 1 aromatic rings. The summed E-state index contributed by atoms with van der Waals surface area (Å²) < 4.78 is 27.1. The van der Waals surface area contributed by atoms with Crippen molar-refractivity contribution in [1.29, 1.82) is 0 Å². The highest BCUT2D eigenvalue weighted by molar-refractivity contribution is 7.89. The molecule has 0 bridgehead atoms. The molecule has 1 N–H and O–H groups in total. The van der Waals surface area contributed by atoms with E-state index in [1.807, 2.05) is 0 Å². The van der Waals surface area contributed by atoms with Gasteiger partial charge in [0.1, 0.15) is 4.90 Å². The van der Waals surface area contributed by atoms with Gasteiger partial charge in [0.2, 0.25) is 10.0 Å². The van der Waals surface area contributed by atoms with E-state index in [1.165, 1.54) is 6.07 Å². The first kappa shape index (κ1) is 14.1. The van der Waals surface area contributed by atoms with E-state index in [0.717, 1.165) is 25.7 Å². The number of alkyl halides is 1. The summed E-state index contributed by atoms with van der Waals surface area (Å²) in [4.78, 5) is 0.112. The molecular weight excluding hydrogens is 293 g/mol. The van der Waals surface area contributed by atoms with E-state index in [2.05, 4.69) is 4.72 Å². The van der Waals surface area contributed by atoms with E-state index >= 15 is 0 Å². The number of rotatable bonds is 3. The predicted molar refractivity (Wildman–Crippen MR) is 73.7 cm³/mol. The monoisotopic (exact) mass is 307 g/mol. The maximum Gasteiger partial charge on any atom is 0.242 e. The van der Waals surface area contributed by atoms with Crippen LogP contribution in [0.25, 0.3) is 0 Å². The van der Waals surface area contributed by atoms with Gasteiger partial charge in [-0.2, -0.15) is 0 Å². The highest BCUT2D eigenvalue weighted by Crippen LogP contribution is 2.26. The zero-order valence-corrected chi connectivity index (χ0v) is 12.1.